The average Bonchev–Trinajstić information content (AvgIpc) is 2.93. The van der Waals surface area contributed by atoms with Crippen LogP contribution >= 0.6 is 0 Å². The van der Waals surface area contributed by atoms with Gasteiger partial charge in [0.1, 0.15) is 11.9 Å². The van der Waals surface area contributed by atoms with Crippen molar-refractivity contribution in [1.29, 1.82) is 0 Å². The Morgan fingerprint density at radius 2 is 1.50 bits per heavy atom. The van der Waals surface area contributed by atoms with Gasteiger partial charge in [-0.1, -0.05) is 24.3 Å². The summed E-state index contributed by atoms with van der Waals surface area (Å²) in [6.07, 6.45) is -1.26. The van der Waals surface area contributed by atoms with Crippen molar-refractivity contribution in [2.24, 2.45) is 0 Å². The fourth-order valence-electron chi connectivity index (χ4n) is 2.79. The zero-order valence-corrected chi connectivity index (χ0v) is 15.1. The standard InChI is InChI=1S/C20H17FN2O5/c1-11(23-18(25)13-7-3-4-8-14(13)19(23)26)20(27)28-12(2)17(24)22-16-10-6-5-9-15(16)21/h3-12H,1-2H3,(H,22,24)/t11-,12+/m1/s1. The Balaban J connectivity index is 1.66. The monoisotopic (exact) mass is 384 g/mol. The van der Waals surface area contributed by atoms with Crippen LogP contribution in [0.4, 0.5) is 10.1 Å². The Morgan fingerprint density at radius 3 is 2.07 bits per heavy atom. The molecule has 0 aromatic heterocycles. The van der Waals surface area contributed by atoms with E-state index in [1.807, 2.05) is 0 Å². The molecule has 144 valence electrons. The summed E-state index contributed by atoms with van der Waals surface area (Å²) in [5.41, 5.74) is 0.360. The van der Waals surface area contributed by atoms with E-state index in [2.05, 4.69) is 5.32 Å². The number of nitrogens with one attached hydrogen (secondary N) is 1. The third-order valence-corrected chi connectivity index (χ3v) is 4.35. The summed E-state index contributed by atoms with van der Waals surface area (Å²) >= 11 is 0. The number of ether oxygens (including phenoxy) is 1. The molecule has 7 nitrogen and oxygen atoms in total. The highest BCUT2D eigenvalue weighted by molar-refractivity contribution is 6.22. The van der Waals surface area contributed by atoms with Crippen LogP contribution in [0.15, 0.2) is 48.5 Å². The summed E-state index contributed by atoms with van der Waals surface area (Å²) in [5.74, 6) is -3.51. The second-order valence-electron chi connectivity index (χ2n) is 6.25. The molecule has 0 spiro atoms. The number of halogens is 1. The molecule has 1 aliphatic heterocycles. The van der Waals surface area contributed by atoms with E-state index in [1.54, 1.807) is 18.2 Å². The molecule has 0 radical (unpaired) electrons. The van der Waals surface area contributed by atoms with E-state index < -0.39 is 41.7 Å². The molecule has 0 unspecified atom stereocenters. The number of para-hydroxylation sites is 1. The van der Waals surface area contributed by atoms with Crippen LogP contribution in [0.25, 0.3) is 0 Å². The largest absolute Gasteiger partial charge is 0.451 e. The highest BCUT2D eigenvalue weighted by Crippen LogP contribution is 2.25. The van der Waals surface area contributed by atoms with Gasteiger partial charge in [0.2, 0.25) is 0 Å². The number of esters is 1. The zero-order chi connectivity index (χ0) is 20.4. The fraction of sp³-hybridized carbons (Fsp3) is 0.200. The molecule has 1 heterocycles. The van der Waals surface area contributed by atoms with Crippen molar-refractivity contribution in [3.63, 3.8) is 0 Å². The lowest BCUT2D eigenvalue weighted by atomic mass is 10.1. The molecule has 0 bridgehead atoms. The number of hydrogen-bond donors (Lipinski definition) is 1. The van der Waals surface area contributed by atoms with Crippen LogP contribution in [-0.2, 0) is 14.3 Å². The molecular weight excluding hydrogens is 367 g/mol. The van der Waals surface area contributed by atoms with Gasteiger partial charge in [0.25, 0.3) is 17.7 Å². The molecule has 3 rings (SSSR count). The Labute approximate surface area is 160 Å². The van der Waals surface area contributed by atoms with E-state index >= 15 is 0 Å². The number of amides is 3. The third-order valence-electron chi connectivity index (χ3n) is 4.35. The number of imide groups is 1. The quantitative estimate of drug-likeness (QED) is 0.631. The van der Waals surface area contributed by atoms with Crippen molar-refractivity contribution < 1.29 is 28.3 Å². The smallest absolute Gasteiger partial charge is 0.329 e. The Morgan fingerprint density at radius 1 is 0.964 bits per heavy atom. The summed E-state index contributed by atoms with van der Waals surface area (Å²) in [6.45, 7) is 2.65. The number of carbonyl (C=O) groups excluding carboxylic acids is 4. The molecule has 0 fully saturated rings. The predicted molar refractivity (Wildman–Crippen MR) is 97.0 cm³/mol. The molecule has 2 atom stereocenters. The van der Waals surface area contributed by atoms with Gasteiger partial charge in [-0.05, 0) is 38.1 Å². The van der Waals surface area contributed by atoms with Crippen LogP contribution < -0.4 is 5.32 Å². The second-order valence-corrected chi connectivity index (χ2v) is 6.25. The molecular formula is C20H17FN2O5. The fourth-order valence-corrected chi connectivity index (χ4v) is 2.79. The lowest BCUT2D eigenvalue weighted by Crippen LogP contribution is -2.45. The molecule has 2 aromatic carbocycles. The van der Waals surface area contributed by atoms with Gasteiger partial charge in [-0.25, -0.2) is 9.18 Å². The van der Waals surface area contributed by atoms with Crippen molar-refractivity contribution >= 4 is 29.4 Å². The van der Waals surface area contributed by atoms with Gasteiger partial charge in [-0.15, -0.1) is 0 Å². The number of fused-ring (bicyclic) bond motifs is 1. The average molecular weight is 384 g/mol. The molecule has 2 aromatic rings. The summed E-state index contributed by atoms with van der Waals surface area (Å²) in [6, 6.07) is 10.6. The summed E-state index contributed by atoms with van der Waals surface area (Å²) in [7, 11) is 0. The van der Waals surface area contributed by atoms with Crippen molar-refractivity contribution in [3.05, 3.63) is 65.5 Å². The maximum Gasteiger partial charge on any atom is 0.329 e. The molecule has 0 aliphatic carbocycles. The van der Waals surface area contributed by atoms with E-state index in [1.165, 1.54) is 44.2 Å². The molecule has 0 saturated carbocycles. The normalized spacial score (nSPS) is 15.0. The topological polar surface area (TPSA) is 92.8 Å². The van der Waals surface area contributed by atoms with Gasteiger partial charge >= 0.3 is 5.97 Å². The Bertz CT molecular complexity index is 940. The first-order valence-electron chi connectivity index (χ1n) is 8.54. The lowest BCUT2D eigenvalue weighted by Gasteiger charge is -2.22. The SMILES string of the molecule is C[C@H](OC(=O)[C@@H](C)N1C(=O)c2ccccc2C1=O)C(=O)Nc1ccccc1F. The minimum absolute atomic E-state index is 0.0520. The van der Waals surface area contributed by atoms with Crippen LogP contribution in [0.5, 0.6) is 0 Å². The first-order valence-corrected chi connectivity index (χ1v) is 8.54. The van der Waals surface area contributed by atoms with Crippen LogP contribution in [0, 0.1) is 5.82 Å². The van der Waals surface area contributed by atoms with E-state index in [0.717, 1.165) is 4.90 Å². The Hall–Kier alpha value is -3.55. The van der Waals surface area contributed by atoms with Crippen LogP contribution in [0.3, 0.4) is 0 Å². The number of hydrogen-bond acceptors (Lipinski definition) is 5. The first-order chi connectivity index (χ1) is 13.3. The lowest BCUT2D eigenvalue weighted by molar-refractivity contribution is -0.156. The highest BCUT2D eigenvalue weighted by Gasteiger charge is 2.41. The molecule has 28 heavy (non-hydrogen) atoms. The van der Waals surface area contributed by atoms with Crippen molar-refractivity contribution in [2.45, 2.75) is 26.0 Å². The minimum Gasteiger partial charge on any atom is -0.451 e. The van der Waals surface area contributed by atoms with Crippen LogP contribution in [0.2, 0.25) is 0 Å². The minimum atomic E-state index is -1.26. The maximum absolute atomic E-state index is 13.6. The first kappa shape index (κ1) is 19.2. The highest BCUT2D eigenvalue weighted by atomic mass is 19.1. The van der Waals surface area contributed by atoms with Gasteiger partial charge in [-0.3, -0.25) is 19.3 Å². The molecule has 1 N–H and O–H groups in total. The summed E-state index contributed by atoms with van der Waals surface area (Å²) in [5, 5.41) is 2.32. The van der Waals surface area contributed by atoms with E-state index in [0.29, 0.717) is 0 Å². The van der Waals surface area contributed by atoms with Gasteiger partial charge in [0, 0.05) is 0 Å². The van der Waals surface area contributed by atoms with Gasteiger partial charge in [-0.2, -0.15) is 0 Å². The van der Waals surface area contributed by atoms with Crippen molar-refractivity contribution in [2.75, 3.05) is 5.32 Å². The van der Waals surface area contributed by atoms with E-state index in [4.69, 9.17) is 4.74 Å². The number of carbonyl (C=O) groups is 4. The van der Waals surface area contributed by atoms with Crippen molar-refractivity contribution in [3.8, 4) is 0 Å². The van der Waals surface area contributed by atoms with Crippen LogP contribution in [0.1, 0.15) is 34.6 Å². The zero-order valence-electron chi connectivity index (χ0n) is 15.1. The second kappa shape index (κ2) is 7.59. The summed E-state index contributed by atoms with van der Waals surface area (Å²) < 4.78 is 18.7. The molecule has 3 amide bonds. The summed E-state index contributed by atoms with van der Waals surface area (Å²) in [4.78, 5) is 50.2. The predicted octanol–water partition coefficient (Wildman–Crippen LogP) is 2.38. The third kappa shape index (κ3) is 3.48. The van der Waals surface area contributed by atoms with Crippen molar-refractivity contribution in [1.82, 2.24) is 4.90 Å². The number of benzene rings is 2. The number of nitrogens with zero attached hydrogens (tertiary/aromatic N) is 1. The van der Waals surface area contributed by atoms with Gasteiger partial charge in [0.05, 0.1) is 16.8 Å². The number of anilines is 1. The molecule has 8 heteroatoms. The van der Waals surface area contributed by atoms with E-state index in [-0.39, 0.29) is 16.8 Å². The van der Waals surface area contributed by atoms with E-state index in [9.17, 15) is 23.6 Å². The number of rotatable bonds is 5. The van der Waals surface area contributed by atoms with Gasteiger partial charge in [0.15, 0.2) is 6.10 Å². The maximum atomic E-state index is 13.6. The molecule has 1 aliphatic rings. The molecule has 0 saturated heterocycles. The van der Waals surface area contributed by atoms with Gasteiger partial charge < -0.3 is 10.1 Å². The van der Waals surface area contributed by atoms with Crippen LogP contribution in [-0.4, -0.2) is 40.7 Å². The Kier molecular flexibility index (Phi) is 5.21.